The van der Waals surface area contributed by atoms with E-state index in [2.05, 4.69) is 10.6 Å². The van der Waals surface area contributed by atoms with Crippen molar-refractivity contribution in [1.82, 2.24) is 0 Å². The lowest BCUT2D eigenvalue weighted by Crippen LogP contribution is -2.22. The Morgan fingerprint density at radius 3 is 2.20 bits per heavy atom. The van der Waals surface area contributed by atoms with Crippen molar-refractivity contribution in [3.05, 3.63) is 47.0 Å². The molecule has 6 nitrogen and oxygen atoms in total. The van der Waals surface area contributed by atoms with Crippen LogP contribution in [0, 0.1) is 6.92 Å². The van der Waals surface area contributed by atoms with E-state index in [1.54, 1.807) is 36.4 Å². The fraction of sp³-hybridized carbons (Fsp3) is 0.222. The molecule has 7 heteroatoms. The van der Waals surface area contributed by atoms with E-state index in [0.29, 0.717) is 27.9 Å². The number of carbonyl (C=O) groups excluding carboxylic acids is 2. The van der Waals surface area contributed by atoms with Crippen molar-refractivity contribution in [1.29, 1.82) is 0 Å². The Morgan fingerprint density at radius 2 is 1.60 bits per heavy atom. The average Bonchev–Trinajstić information content (AvgIpc) is 2.57. The maximum absolute atomic E-state index is 12.1. The lowest BCUT2D eigenvalue weighted by molar-refractivity contribution is -0.123. The number of rotatable bonds is 6. The van der Waals surface area contributed by atoms with Crippen LogP contribution in [0.1, 0.15) is 12.0 Å². The SMILES string of the molecule is COc1ccc(NC(=O)CC(=O)Nc2ccc(Cl)cc2C)c(OC)c1. The third-order valence-electron chi connectivity index (χ3n) is 3.47. The molecule has 2 amide bonds. The first-order chi connectivity index (χ1) is 11.9. The van der Waals surface area contributed by atoms with Gasteiger partial charge in [0.25, 0.3) is 0 Å². The Bertz CT molecular complexity index is 793. The summed E-state index contributed by atoms with van der Waals surface area (Å²) in [5.74, 6) is 0.176. The molecule has 2 aromatic rings. The third-order valence-corrected chi connectivity index (χ3v) is 3.70. The summed E-state index contributed by atoms with van der Waals surface area (Å²) in [4.78, 5) is 24.1. The van der Waals surface area contributed by atoms with E-state index < -0.39 is 11.8 Å². The van der Waals surface area contributed by atoms with Crippen LogP contribution in [0.4, 0.5) is 11.4 Å². The molecular formula is C18H19ClN2O4. The highest BCUT2D eigenvalue weighted by Crippen LogP contribution is 2.29. The number of halogens is 1. The first kappa shape index (κ1) is 18.6. The minimum atomic E-state index is -0.451. The molecule has 2 N–H and O–H groups in total. The number of ether oxygens (including phenoxy) is 2. The van der Waals surface area contributed by atoms with Gasteiger partial charge in [-0.15, -0.1) is 0 Å². The zero-order valence-electron chi connectivity index (χ0n) is 14.2. The van der Waals surface area contributed by atoms with Gasteiger partial charge >= 0.3 is 0 Å². The molecule has 0 heterocycles. The molecular weight excluding hydrogens is 344 g/mol. The van der Waals surface area contributed by atoms with E-state index >= 15 is 0 Å². The number of hydrogen-bond donors (Lipinski definition) is 2. The number of anilines is 2. The summed E-state index contributed by atoms with van der Waals surface area (Å²) in [5, 5.41) is 5.93. The maximum atomic E-state index is 12.1. The van der Waals surface area contributed by atoms with Crippen LogP contribution in [0.25, 0.3) is 0 Å². The van der Waals surface area contributed by atoms with Crippen molar-refractivity contribution in [2.75, 3.05) is 24.9 Å². The Balaban J connectivity index is 1.99. The van der Waals surface area contributed by atoms with Crippen molar-refractivity contribution < 1.29 is 19.1 Å². The van der Waals surface area contributed by atoms with Gasteiger partial charge in [0.15, 0.2) is 0 Å². The van der Waals surface area contributed by atoms with Crippen LogP contribution in [-0.2, 0) is 9.59 Å². The molecule has 0 aromatic heterocycles. The maximum Gasteiger partial charge on any atom is 0.233 e. The Kier molecular flexibility index (Phi) is 6.25. The molecule has 0 bridgehead atoms. The minimum absolute atomic E-state index is 0.322. The van der Waals surface area contributed by atoms with Crippen LogP contribution in [0.3, 0.4) is 0 Å². The summed E-state index contributed by atoms with van der Waals surface area (Å²) >= 11 is 5.88. The van der Waals surface area contributed by atoms with E-state index in [-0.39, 0.29) is 6.42 Å². The van der Waals surface area contributed by atoms with Crippen LogP contribution in [-0.4, -0.2) is 26.0 Å². The van der Waals surface area contributed by atoms with E-state index in [0.717, 1.165) is 5.56 Å². The Hall–Kier alpha value is -2.73. The van der Waals surface area contributed by atoms with Crippen LogP contribution in [0.15, 0.2) is 36.4 Å². The molecule has 0 atom stereocenters. The summed E-state index contributed by atoms with van der Waals surface area (Å²) in [6, 6.07) is 10.1. The zero-order valence-corrected chi connectivity index (χ0v) is 14.9. The van der Waals surface area contributed by atoms with Crippen LogP contribution >= 0.6 is 11.6 Å². The predicted molar refractivity (Wildman–Crippen MR) is 97.6 cm³/mol. The molecule has 0 unspecified atom stereocenters. The van der Waals surface area contributed by atoms with Gasteiger partial charge in [-0.05, 0) is 42.8 Å². The smallest absolute Gasteiger partial charge is 0.233 e. The molecule has 0 saturated heterocycles. The molecule has 0 aliphatic rings. The standard InChI is InChI=1S/C18H19ClN2O4/c1-11-8-12(19)4-6-14(11)20-17(22)10-18(23)21-15-7-5-13(24-2)9-16(15)25-3/h4-9H,10H2,1-3H3,(H,20,22)(H,21,23). The highest BCUT2D eigenvalue weighted by atomic mass is 35.5. The molecule has 0 aliphatic heterocycles. The van der Waals surface area contributed by atoms with Gasteiger partial charge < -0.3 is 20.1 Å². The molecule has 132 valence electrons. The Labute approximate surface area is 151 Å². The lowest BCUT2D eigenvalue weighted by Gasteiger charge is -2.12. The van der Waals surface area contributed by atoms with Gasteiger partial charge in [0.2, 0.25) is 11.8 Å². The van der Waals surface area contributed by atoms with Gasteiger partial charge in [-0.1, -0.05) is 11.6 Å². The molecule has 0 spiro atoms. The van der Waals surface area contributed by atoms with Gasteiger partial charge in [-0.25, -0.2) is 0 Å². The van der Waals surface area contributed by atoms with E-state index in [1.165, 1.54) is 14.2 Å². The zero-order chi connectivity index (χ0) is 18.4. The largest absolute Gasteiger partial charge is 0.497 e. The molecule has 0 aliphatic carbocycles. The molecule has 0 fully saturated rings. The van der Waals surface area contributed by atoms with Gasteiger partial charge in [0.1, 0.15) is 17.9 Å². The number of aryl methyl sites for hydroxylation is 1. The average molecular weight is 363 g/mol. The van der Waals surface area contributed by atoms with Crippen molar-refractivity contribution in [2.24, 2.45) is 0 Å². The van der Waals surface area contributed by atoms with Gasteiger partial charge in [0.05, 0.1) is 19.9 Å². The van der Waals surface area contributed by atoms with E-state index in [9.17, 15) is 9.59 Å². The van der Waals surface area contributed by atoms with Crippen LogP contribution in [0.2, 0.25) is 5.02 Å². The second-order valence-corrected chi connectivity index (χ2v) is 5.74. The normalized spacial score (nSPS) is 10.1. The van der Waals surface area contributed by atoms with Gasteiger partial charge in [-0.3, -0.25) is 9.59 Å². The van der Waals surface area contributed by atoms with Crippen molar-refractivity contribution in [3.63, 3.8) is 0 Å². The van der Waals surface area contributed by atoms with Crippen LogP contribution in [0.5, 0.6) is 11.5 Å². The van der Waals surface area contributed by atoms with Crippen LogP contribution < -0.4 is 20.1 Å². The second-order valence-electron chi connectivity index (χ2n) is 5.30. The first-order valence-corrected chi connectivity index (χ1v) is 7.88. The number of methoxy groups -OCH3 is 2. The minimum Gasteiger partial charge on any atom is -0.497 e. The number of hydrogen-bond acceptors (Lipinski definition) is 4. The monoisotopic (exact) mass is 362 g/mol. The summed E-state index contributed by atoms with van der Waals surface area (Å²) < 4.78 is 10.3. The quantitative estimate of drug-likeness (QED) is 0.769. The summed E-state index contributed by atoms with van der Waals surface area (Å²) in [6.07, 6.45) is -0.322. The fourth-order valence-electron chi connectivity index (χ4n) is 2.20. The highest BCUT2D eigenvalue weighted by Gasteiger charge is 2.13. The summed E-state index contributed by atoms with van der Waals surface area (Å²) in [7, 11) is 3.02. The van der Waals surface area contributed by atoms with Crippen molar-refractivity contribution >= 4 is 34.8 Å². The number of nitrogens with one attached hydrogen (secondary N) is 2. The Morgan fingerprint density at radius 1 is 0.960 bits per heavy atom. The topological polar surface area (TPSA) is 76.7 Å². The molecule has 0 saturated carbocycles. The summed E-state index contributed by atoms with van der Waals surface area (Å²) in [6.45, 7) is 1.82. The van der Waals surface area contributed by atoms with Crippen molar-refractivity contribution in [2.45, 2.75) is 13.3 Å². The van der Waals surface area contributed by atoms with Gasteiger partial charge in [0, 0.05) is 16.8 Å². The molecule has 2 rings (SSSR count). The fourth-order valence-corrected chi connectivity index (χ4v) is 2.43. The first-order valence-electron chi connectivity index (χ1n) is 7.51. The van der Waals surface area contributed by atoms with E-state index in [1.807, 2.05) is 6.92 Å². The molecule has 0 radical (unpaired) electrons. The van der Waals surface area contributed by atoms with Gasteiger partial charge in [-0.2, -0.15) is 0 Å². The summed E-state index contributed by atoms with van der Waals surface area (Å²) in [5.41, 5.74) is 1.89. The third kappa shape index (κ3) is 5.12. The number of benzene rings is 2. The molecule has 2 aromatic carbocycles. The molecule has 25 heavy (non-hydrogen) atoms. The lowest BCUT2D eigenvalue weighted by atomic mass is 10.2. The highest BCUT2D eigenvalue weighted by molar-refractivity contribution is 6.30. The predicted octanol–water partition coefficient (Wildman–Crippen LogP) is 3.63. The van der Waals surface area contributed by atoms with E-state index in [4.69, 9.17) is 21.1 Å². The second kappa shape index (κ2) is 8.39. The van der Waals surface area contributed by atoms with Crippen molar-refractivity contribution in [3.8, 4) is 11.5 Å². The number of amides is 2. The number of carbonyl (C=O) groups is 2.